The molecule has 262 valence electrons. The lowest BCUT2D eigenvalue weighted by atomic mass is 9.69. The van der Waals surface area contributed by atoms with Gasteiger partial charge in [0.25, 0.3) is 5.91 Å². The molecule has 0 aliphatic heterocycles. The minimum atomic E-state index is -4.18. The van der Waals surface area contributed by atoms with E-state index in [9.17, 15) is 36.3 Å². The predicted molar refractivity (Wildman–Crippen MR) is 175 cm³/mol. The van der Waals surface area contributed by atoms with Gasteiger partial charge in [-0.3, -0.25) is 4.79 Å². The molecule has 2 aliphatic carbocycles. The topological polar surface area (TPSA) is 122 Å². The maximum Gasteiger partial charge on any atom is 0.337 e. The lowest BCUT2D eigenvalue weighted by Crippen LogP contribution is -2.50. The fourth-order valence-electron chi connectivity index (χ4n) is 7.03. The normalized spacial score (nSPS) is 22.9. The van der Waals surface area contributed by atoms with Crippen molar-refractivity contribution in [1.29, 1.82) is 0 Å². The van der Waals surface area contributed by atoms with Gasteiger partial charge in [0.1, 0.15) is 6.26 Å². The van der Waals surface area contributed by atoms with Gasteiger partial charge in [-0.25, -0.2) is 26.4 Å². The van der Waals surface area contributed by atoms with Crippen molar-refractivity contribution in [2.24, 2.45) is 17.8 Å². The Morgan fingerprint density at radius 3 is 2.27 bits per heavy atom. The Labute approximate surface area is 287 Å². The van der Waals surface area contributed by atoms with Crippen molar-refractivity contribution in [1.82, 2.24) is 5.06 Å². The van der Waals surface area contributed by atoms with Crippen LogP contribution in [0.3, 0.4) is 0 Å². The number of hydrogen-bond acceptors (Lipinski definition) is 8. The van der Waals surface area contributed by atoms with E-state index in [0.29, 0.717) is 31.5 Å². The SMILES string of the molecule is COC(=O)/C(=C/ON(C)Cc1ccccc1)C(C)C1(O)CC2CC[C@@H](C1)C2S(=O)(=O)c1cc(C(=O)Nc2cc(F)c(F)c(F)c2)ccc1Cl. The largest absolute Gasteiger partial charge is 0.466 e. The summed E-state index contributed by atoms with van der Waals surface area (Å²) in [5.74, 6) is -8.09. The summed E-state index contributed by atoms with van der Waals surface area (Å²) < 4.78 is 74.1. The van der Waals surface area contributed by atoms with E-state index in [-0.39, 0.29) is 39.6 Å². The van der Waals surface area contributed by atoms with E-state index >= 15 is 0 Å². The van der Waals surface area contributed by atoms with Gasteiger partial charge in [-0.2, -0.15) is 0 Å². The Kier molecular flexibility index (Phi) is 10.8. The fraction of sp³-hybridized carbons (Fsp3) is 0.371. The molecule has 5 rings (SSSR count). The number of esters is 1. The van der Waals surface area contributed by atoms with E-state index in [1.807, 2.05) is 30.3 Å². The molecular formula is C35H36ClF3N2O7S. The summed E-state index contributed by atoms with van der Waals surface area (Å²) in [6, 6.07) is 14.3. The van der Waals surface area contributed by atoms with Crippen molar-refractivity contribution >= 4 is 39.0 Å². The van der Waals surface area contributed by atoms with Crippen LogP contribution in [0.15, 0.2) is 77.4 Å². The average Bonchev–Trinajstić information content (AvgIpc) is 3.36. The molecule has 5 atom stereocenters. The van der Waals surface area contributed by atoms with Gasteiger partial charge in [-0.15, -0.1) is 5.06 Å². The second-order valence-electron chi connectivity index (χ2n) is 12.6. The van der Waals surface area contributed by atoms with Gasteiger partial charge < -0.3 is 20.0 Å². The Hall–Kier alpha value is -3.91. The second kappa shape index (κ2) is 14.5. The second-order valence-corrected chi connectivity index (χ2v) is 15.1. The molecule has 2 aliphatic rings. The summed E-state index contributed by atoms with van der Waals surface area (Å²) >= 11 is 6.37. The number of amides is 1. The van der Waals surface area contributed by atoms with Gasteiger partial charge in [0.15, 0.2) is 27.3 Å². The predicted octanol–water partition coefficient (Wildman–Crippen LogP) is 6.46. The third-order valence-corrected chi connectivity index (χ3v) is 12.3. The number of halogens is 4. The number of carbonyl (C=O) groups excluding carboxylic acids is 2. The van der Waals surface area contributed by atoms with Crippen LogP contribution in [0.4, 0.5) is 18.9 Å². The van der Waals surface area contributed by atoms with Gasteiger partial charge in [-0.1, -0.05) is 48.9 Å². The van der Waals surface area contributed by atoms with Crippen LogP contribution in [0.25, 0.3) is 0 Å². The van der Waals surface area contributed by atoms with Crippen LogP contribution in [0, 0.1) is 35.2 Å². The van der Waals surface area contributed by atoms with Crippen molar-refractivity contribution in [3.05, 3.63) is 106 Å². The molecule has 0 radical (unpaired) electrons. The number of benzene rings is 3. The number of fused-ring (bicyclic) bond motifs is 2. The summed E-state index contributed by atoms with van der Waals surface area (Å²) in [5.41, 5.74) is -0.927. The molecule has 14 heteroatoms. The van der Waals surface area contributed by atoms with Crippen LogP contribution in [0.1, 0.15) is 48.5 Å². The van der Waals surface area contributed by atoms with Crippen molar-refractivity contribution < 1.29 is 45.9 Å². The van der Waals surface area contributed by atoms with E-state index in [0.717, 1.165) is 11.6 Å². The molecule has 0 heterocycles. The lowest BCUT2D eigenvalue weighted by Gasteiger charge is -2.44. The van der Waals surface area contributed by atoms with Crippen LogP contribution in [0.2, 0.25) is 5.02 Å². The number of carbonyl (C=O) groups is 2. The minimum absolute atomic E-state index is 0.0578. The molecule has 2 saturated carbocycles. The number of ether oxygens (including phenoxy) is 1. The highest BCUT2D eigenvalue weighted by atomic mass is 35.5. The molecule has 9 nitrogen and oxygen atoms in total. The van der Waals surface area contributed by atoms with Crippen LogP contribution < -0.4 is 5.32 Å². The van der Waals surface area contributed by atoms with Crippen molar-refractivity contribution in [2.45, 2.75) is 54.9 Å². The summed E-state index contributed by atoms with van der Waals surface area (Å²) in [6.07, 6.45) is 2.37. The Morgan fingerprint density at radius 2 is 1.67 bits per heavy atom. The number of nitrogens with one attached hydrogen (secondary N) is 1. The smallest absolute Gasteiger partial charge is 0.337 e. The number of hydrogen-bond donors (Lipinski definition) is 2. The molecule has 0 aromatic heterocycles. The summed E-state index contributed by atoms with van der Waals surface area (Å²) in [4.78, 5) is 31.3. The highest BCUT2D eigenvalue weighted by Crippen LogP contribution is 2.54. The van der Waals surface area contributed by atoms with E-state index in [1.165, 1.54) is 30.6 Å². The quantitative estimate of drug-likeness (QED) is 0.0762. The zero-order valence-electron chi connectivity index (χ0n) is 27.0. The number of nitrogens with zero attached hydrogens (tertiary/aromatic N) is 1. The minimum Gasteiger partial charge on any atom is -0.466 e. The van der Waals surface area contributed by atoms with Crippen LogP contribution in [0.5, 0.6) is 0 Å². The van der Waals surface area contributed by atoms with E-state index in [1.54, 1.807) is 14.0 Å². The van der Waals surface area contributed by atoms with Gasteiger partial charge in [-0.05, 0) is 61.3 Å². The van der Waals surface area contributed by atoms with Gasteiger partial charge in [0.05, 0.1) is 40.0 Å². The van der Waals surface area contributed by atoms with E-state index < -0.39 is 67.8 Å². The maximum absolute atomic E-state index is 14.2. The summed E-state index contributed by atoms with van der Waals surface area (Å²) in [6.45, 7) is 2.10. The van der Waals surface area contributed by atoms with Crippen LogP contribution >= 0.6 is 11.6 Å². The van der Waals surface area contributed by atoms with Gasteiger partial charge in [0, 0.05) is 36.3 Å². The first-order valence-electron chi connectivity index (χ1n) is 15.6. The van der Waals surface area contributed by atoms with E-state index in [2.05, 4.69) is 5.32 Å². The first-order chi connectivity index (χ1) is 23.1. The molecule has 4 unspecified atom stereocenters. The molecule has 0 saturated heterocycles. The first kappa shape index (κ1) is 36.4. The zero-order valence-corrected chi connectivity index (χ0v) is 28.5. The first-order valence-corrected chi connectivity index (χ1v) is 17.5. The van der Waals surface area contributed by atoms with Gasteiger partial charge >= 0.3 is 5.97 Å². The fourth-order valence-corrected chi connectivity index (χ4v) is 9.87. The van der Waals surface area contributed by atoms with Gasteiger partial charge in [0.2, 0.25) is 0 Å². The molecule has 3 aromatic carbocycles. The molecule has 2 N–H and O–H groups in total. The molecule has 2 bridgehead atoms. The van der Waals surface area contributed by atoms with Crippen LogP contribution in [-0.4, -0.2) is 55.5 Å². The monoisotopic (exact) mass is 720 g/mol. The highest BCUT2D eigenvalue weighted by molar-refractivity contribution is 7.92. The molecule has 49 heavy (non-hydrogen) atoms. The number of hydroxylamine groups is 2. The molecule has 3 aromatic rings. The number of aliphatic hydroxyl groups is 1. The molecular weight excluding hydrogens is 685 g/mol. The highest BCUT2D eigenvalue weighted by Gasteiger charge is 2.56. The van der Waals surface area contributed by atoms with Crippen molar-refractivity contribution in [3.8, 4) is 0 Å². The lowest BCUT2D eigenvalue weighted by molar-refractivity contribution is -0.140. The Morgan fingerprint density at radius 1 is 1.06 bits per heavy atom. The number of anilines is 1. The summed E-state index contributed by atoms with van der Waals surface area (Å²) in [5, 5.41) is 14.7. The number of sulfone groups is 1. The standard InChI is InChI=1S/C35H36ClF3N2O7S/c1-20(26(34(43)47-3)19-48-41(2)18-21-7-5-4-6-8-21)35(44)16-23-9-10-24(17-35)32(23)49(45,46)30-13-22(11-12-27(30)36)33(42)40-25-14-28(37)31(39)29(38)15-25/h4-8,11-15,19-20,23-24,32,44H,9-10,16-18H2,1-3H3,(H,40,42)/b26-19+/t20?,23-,24?,32?,35?/m0/s1. The Bertz CT molecular complexity index is 1840. The third-order valence-electron chi connectivity index (χ3n) is 9.47. The maximum atomic E-state index is 14.2. The molecule has 1 amide bonds. The zero-order chi connectivity index (χ0) is 35.7. The summed E-state index contributed by atoms with van der Waals surface area (Å²) in [7, 11) is -1.26. The Balaban J connectivity index is 1.35. The average molecular weight is 721 g/mol. The third kappa shape index (κ3) is 7.64. The number of methoxy groups -OCH3 is 1. The van der Waals surface area contributed by atoms with Crippen LogP contribution in [-0.2, 0) is 30.8 Å². The molecule has 2 fully saturated rings. The molecule has 0 spiro atoms. The van der Waals surface area contributed by atoms with E-state index in [4.69, 9.17) is 21.2 Å². The van der Waals surface area contributed by atoms with Crippen molar-refractivity contribution in [2.75, 3.05) is 19.5 Å². The van der Waals surface area contributed by atoms with Crippen molar-refractivity contribution in [3.63, 3.8) is 0 Å². The number of rotatable bonds is 11.